The van der Waals surface area contributed by atoms with Crippen molar-refractivity contribution in [2.75, 3.05) is 6.54 Å². The minimum atomic E-state index is -0.653. The number of aromatic nitrogens is 2. The van der Waals surface area contributed by atoms with Gasteiger partial charge in [-0.15, -0.1) is 0 Å². The average Bonchev–Trinajstić information content (AvgIpc) is 2.64. The highest BCUT2D eigenvalue weighted by Gasteiger charge is 2.34. The highest BCUT2D eigenvalue weighted by atomic mass is 16.3. The summed E-state index contributed by atoms with van der Waals surface area (Å²) in [6.45, 7) is 0.566. The third-order valence-corrected chi connectivity index (χ3v) is 2.76. The molecular formula is C10H15N3O2. The molecule has 5 heteroatoms. The van der Waals surface area contributed by atoms with Crippen LogP contribution >= 0.6 is 0 Å². The predicted molar refractivity (Wildman–Crippen MR) is 54.0 cm³/mol. The largest absolute Gasteiger partial charge is 0.388 e. The molecule has 0 unspecified atom stereocenters. The zero-order chi connectivity index (χ0) is 10.7. The zero-order valence-corrected chi connectivity index (χ0v) is 8.52. The fraction of sp³-hybridized carbons (Fsp3) is 0.600. The van der Waals surface area contributed by atoms with Crippen LogP contribution in [0.15, 0.2) is 18.5 Å². The van der Waals surface area contributed by atoms with Gasteiger partial charge in [-0.2, -0.15) is 5.10 Å². The Morgan fingerprint density at radius 1 is 1.60 bits per heavy atom. The molecule has 0 aromatic carbocycles. The van der Waals surface area contributed by atoms with Crippen molar-refractivity contribution >= 4 is 5.91 Å². The number of carbonyl (C=O) groups is 1. The van der Waals surface area contributed by atoms with Gasteiger partial charge in [-0.3, -0.25) is 9.48 Å². The Labute approximate surface area is 88.1 Å². The van der Waals surface area contributed by atoms with E-state index in [1.807, 2.05) is 0 Å². The summed E-state index contributed by atoms with van der Waals surface area (Å²) in [7, 11) is 0. The fourth-order valence-corrected chi connectivity index (χ4v) is 1.62. The van der Waals surface area contributed by atoms with E-state index in [1.165, 1.54) is 0 Å². The number of aliphatic hydroxyl groups is 1. The Morgan fingerprint density at radius 2 is 2.40 bits per heavy atom. The number of nitrogens with zero attached hydrogens (tertiary/aromatic N) is 2. The maximum Gasteiger partial charge on any atom is 0.241 e. The first-order valence-corrected chi connectivity index (χ1v) is 5.14. The lowest BCUT2D eigenvalue weighted by Gasteiger charge is -2.36. The van der Waals surface area contributed by atoms with Gasteiger partial charge in [0.2, 0.25) is 5.91 Å². The van der Waals surface area contributed by atoms with Crippen LogP contribution in [-0.4, -0.2) is 32.9 Å². The first kappa shape index (κ1) is 10.2. The van der Waals surface area contributed by atoms with Crippen molar-refractivity contribution in [2.24, 2.45) is 0 Å². The maximum atomic E-state index is 11.4. The third-order valence-electron chi connectivity index (χ3n) is 2.76. The van der Waals surface area contributed by atoms with Crippen molar-refractivity contribution in [1.29, 1.82) is 0 Å². The number of nitrogens with one attached hydrogen (secondary N) is 1. The van der Waals surface area contributed by atoms with Crippen molar-refractivity contribution in [3.05, 3.63) is 18.5 Å². The van der Waals surface area contributed by atoms with Gasteiger partial charge in [0.05, 0.1) is 5.60 Å². The number of carbonyl (C=O) groups excluding carboxylic acids is 1. The standard InChI is InChI=1S/C10H15N3O2/c14-9(7-13-6-2-5-12-13)11-8-10(15)3-1-4-10/h2,5-6,15H,1,3-4,7-8H2,(H,11,14). The van der Waals surface area contributed by atoms with Gasteiger partial charge < -0.3 is 10.4 Å². The van der Waals surface area contributed by atoms with Crippen molar-refractivity contribution in [2.45, 2.75) is 31.4 Å². The summed E-state index contributed by atoms with van der Waals surface area (Å²) in [6.07, 6.45) is 5.99. The summed E-state index contributed by atoms with van der Waals surface area (Å²) >= 11 is 0. The smallest absolute Gasteiger partial charge is 0.241 e. The van der Waals surface area contributed by atoms with Gasteiger partial charge >= 0.3 is 0 Å². The number of hydrogen-bond acceptors (Lipinski definition) is 3. The van der Waals surface area contributed by atoms with Crippen molar-refractivity contribution < 1.29 is 9.90 Å². The van der Waals surface area contributed by atoms with Crippen LogP contribution in [0, 0.1) is 0 Å². The van der Waals surface area contributed by atoms with Crippen molar-refractivity contribution in [3.8, 4) is 0 Å². The van der Waals surface area contributed by atoms with Crippen LogP contribution < -0.4 is 5.32 Å². The topological polar surface area (TPSA) is 67.2 Å². The van der Waals surface area contributed by atoms with Crippen LogP contribution in [0.5, 0.6) is 0 Å². The lowest BCUT2D eigenvalue weighted by Crippen LogP contribution is -2.48. The van der Waals surface area contributed by atoms with E-state index < -0.39 is 5.60 Å². The molecule has 0 saturated heterocycles. The lowest BCUT2D eigenvalue weighted by atomic mass is 9.80. The molecule has 0 spiro atoms. The van der Waals surface area contributed by atoms with Crippen LogP contribution in [0.3, 0.4) is 0 Å². The monoisotopic (exact) mass is 209 g/mol. The minimum Gasteiger partial charge on any atom is -0.388 e. The average molecular weight is 209 g/mol. The normalized spacial score (nSPS) is 18.2. The highest BCUT2D eigenvalue weighted by Crippen LogP contribution is 2.30. The molecule has 1 heterocycles. The van der Waals surface area contributed by atoms with E-state index in [0.29, 0.717) is 6.54 Å². The van der Waals surface area contributed by atoms with Crippen LogP contribution in [0.2, 0.25) is 0 Å². The molecule has 2 rings (SSSR count). The van der Waals surface area contributed by atoms with E-state index in [1.54, 1.807) is 23.1 Å². The molecule has 1 aliphatic carbocycles. The summed E-state index contributed by atoms with van der Waals surface area (Å²) < 4.78 is 1.56. The third kappa shape index (κ3) is 2.56. The number of hydrogen-bond donors (Lipinski definition) is 2. The van der Waals surface area contributed by atoms with Crippen LogP contribution in [0.4, 0.5) is 0 Å². The summed E-state index contributed by atoms with van der Waals surface area (Å²) in [5.41, 5.74) is -0.653. The fourth-order valence-electron chi connectivity index (χ4n) is 1.62. The summed E-state index contributed by atoms with van der Waals surface area (Å²) in [6, 6.07) is 1.77. The summed E-state index contributed by atoms with van der Waals surface area (Å²) in [5, 5.41) is 16.4. The van der Waals surface area contributed by atoms with Gasteiger partial charge in [0.25, 0.3) is 0 Å². The second-order valence-corrected chi connectivity index (χ2v) is 4.06. The Hall–Kier alpha value is -1.36. The van der Waals surface area contributed by atoms with E-state index in [-0.39, 0.29) is 12.5 Å². The molecule has 15 heavy (non-hydrogen) atoms. The molecule has 0 aliphatic heterocycles. The van der Waals surface area contributed by atoms with Crippen molar-refractivity contribution in [3.63, 3.8) is 0 Å². The van der Waals surface area contributed by atoms with E-state index in [4.69, 9.17) is 0 Å². The van der Waals surface area contributed by atoms with Crippen LogP contribution in [0.25, 0.3) is 0 Å². The molecule has 0 bridgehead atoms. The molecular weight excluding hydrogens is 194 g/mol. The van der Waals surface area contributed by atoms with Gasteiger partial charge in [-0.1, -0.05) is 0 Å². The quantitative estimate of drug-likeness (QED) is 0.728. The van der Waals surface area contributed by atoms with E-state index >= 15 is 0 Å². The molecule has 1 aromatic rings. The van der Waals surface area contributed by atoms with Gasteiger partial charge in [0, 0.05) is 18.9 Å². The maximum absolute atomic E-state index is 11.4. The van der Waals surface area contributed by atoms with Crippen molar-refractivity contribution in [1.82, 2.24) is 15.1 Å². The lowest BCUT2D eigenvalue weighted by molar-refractivity contribution is -0.124. The SMILES string of the molecule is O=C(Cn1cccn1)NCC1(O)CCC1. The minimum absolute atomic E-state index is 0.112. The van der Waals surface area contributed by atoms with Gasteiger partial charge in [-0.05, 0) is 25.3 Å². The molecule has 1 aromatic heterocycles. The molecule has 0 radical (unpaired) electrons. The molecule has 82 valence electrons. The highest BCUT2D eigenvalue weighted by molar-refractivity contribution is 5.75. The van der Waals surface area contributed by atoms with E-state index in [9.17, 15) is 9.90 Å². The summed E-state index contributed by atoms with van der Waals surface area (Å²) in [5.74, 6) is -0.112. The molecule has 0 atom stereocenters. The second kappa shape index (κ2) is 4.02. The zero-order valence-electron chi connectivity index (χ0n) is 8.52. The first-order chi connectivity index (χ1) is 7.18. The predicted octanol–water partition coefficient (Wildman–Crippen LogP) is -0.0857. The first-order valence-electron chi connectivity index (χ1n) is 5.14. The Bertz CT molecular complexity index is 330. The molecule has 5 nitrogen and oxygen atoms in total. The van der Waals surface area contributed by atoms with Gasteiger partial charge in [0.1, 0.15) is 6.54 Å². The molecule has 2 N–H and O–H groups in total. The van der Waals surface area contributed by atoms with Gasteiger partial charge in [-0.25, -0.2) is 0 Å². The molecule has 1 fully saturated rings. The molecule has 1 amide bonds. The van der Waals surface area contributed by atoms with Gasteiger partial charge in [0.15, 0.2) is 0 Å². The van der Waals surface area contributed by atoms with Crippen LogP contribution in [0.1, 0.15) is 19.3 Å². The van der Waals surface area contributed by atoms with Crippen LogP contribution in [-0.2, 0) is 11.3 Å². The Balaban J connectivity index is 1.73. The number of amides is 1. The number of rotatable bonds is 4. The van der Waals surface area contributed by atoms with E-state index in [0.717, 1.165) is 19.3 Å². The molecule has 1 aliphatic rings. The Kier molecular flexibility index (Phi) is 2.73. The van der Waals surface area contributed by atoms with E-state index in [2.05, 4.69) is 10.4 Å². The second-order valence-electron chi connectivity index (χ2n) is 4.06. The Morgan fingerprint density at radius 3 is 2.93 bits per heavy atom. The summed E-state index contributed by atoms with van der Waals surface area (Å²) in [4.78, 5) is 11.4. The molecule has 1 saturated carbocycles.